The van der Waals surface area contributed by atoms with Gasteiger partial charge in [0.15, 0.2) is 0 Å². The van der Waals surface area contributed by atoms with Gasteiger partial charge >= 0.3 is 0 Å². The van der Waals surface area contributed by atoms with Crippen molar-refractivity contribution in [3.8, 4) is 0 Å². The number of thiazole rings is 1. The Morgan fingerprint density at radius 2 is 1.90 bits per heavy atom. The van der Waals surface area contributed by atoms with Crippen molar-refractivity contribution in [2.45, 2.75) is 33.1 Å². The number of aryl methyl sites for hydroxylation is 1. The van der Waals surface area contributed by atoms with E-state index < -0.39 is 0 Å². The molecular formula is C17H23BrN2S. The molecule has 4 heteroatoms. The number of hydrogen-bond donors (Lipinski definition) is 1. The first-order chi connectivity index (χ1) is 10.0. The van der Waals surface area contributed by atoms with Crippen LogP contribution in [-0.2, 0) is 6.42 Å². The third kappa shape index (κ3) is 5.53. The summed E-state index contributed by atoms with van der Waals surface area (Å²) in [5.74, 6) is 1.15. The predicted octanol–water partition coefficient (Wildman–Crippen LogP) is 4.79. The highest BCUT2D eigenvalue weighted by molar-refractivity contribution is 9.10. The van der Waals surface area contributed by atoms with Gasteiger partial charge in [-0.15, -0.1) is 11.3 Å². The van der Waals surface area contributed by atoms with E-state index in [1.54, 1.807) is 11.3 Å². The molecule has 1 N–H and O–H groups in total. The first-order valence-corrected chi connectivity index (χ1v) is 9.09. The smallest absolute Gasteiger partial charge is 0.0934 e. The van der Waals surface area contributed by atoms with Crippen molar-refractivity contribution in [3.63, 3.8) is 0 Å². The summed E-state index contributed by atoms with van der Waals surface area (Å²) < 4.78 is 1.13. The van der Waals surface area contributed by atoms with Crippen LogP contribution in [0.25, 0.3) is 0 Å². The molecule has 0 aliphatic heterocycles. The van der Waals surface area contributed by atoms with E-state index in [1.165, 1.54) is 10.6 Å². The molecule has 1 aromatic heterocycles. The number of hydrogen-bond acceptors (Lipinski definition) is 3. The lowest BCUT2D eigenvalue weighted by molar-refractivity contribution is 0.513. The Kier molecular flexibility index (Phi) is 6.40. The molecule has 0 spiro atoms. The van der Waals surface area contributed by atoms with Crippen LogP contribution in [0.4, 0.5) is 0 Å². The van der Waals surface area contributed by atoms with E-state index in [0.717, 1.165) is 29.7 Å². The molecule has 1 heterocycles. The van der Waals surface area contributed by atoms with Crippen LogP contribution in [-0.4, -0.2) is 18.1 Å². The van der Waals surface area contributed by atoms with Gasteiger partial charge in [0.1, 0.15) is 0 Å². The Hall–Kier alpha value is -0.710. The van der Waals surface area contributed by atoms with Crippen LogP contribution in [0.5, 0.6) is 0 Å². The molecule has 1 aromatic carbocycles. The van der Waals surface area contributed by atoms with Gasteiger partial charge in [-0.05, 0) is 37.1 Å². The molecule has 0 fully saturated rings. The number of halogens is 1. The second-order valence-corrected chi connectivity index (χ2v) is 7.75. The van der Waals surface area contributed by atoms with Crippen LogP contribution in [0.15, 0.2) is 34.1 Å². The molecule has 0 saturated heterocycles. The number of benzene rings is 1. The molecule has 1 atom stereocenters. The zero-order valence-corrected chi connectivity index (χ0v) is 15.3. The van der Waals surface area contributed by atoms with Gasteiger partial charge in [-0.2, -0.15) is 0 Å². The Labute approximate surface area is 140 Å². The van der Waals surface area contributed by atoms with Crippen molar-refractivity contribution in [3.05, 3.63) is 50.4 Å². The zero-order chi connectivity index (χ0) is 15.2. The molecule has 0 radical (unpaired) electrons. The van der Waals surface area contributed by atoms with E-state index in [4.69, 9.17) is 0 Å². The molecule has 114 valence electrons. The SMILES string of the molecule is Cc1csc(CC(CNCC(C)C)c2ccc(Br)cc2)n1. The lowest BCUT2D eigenvalue weighted by Crippen LogP contribution is -2.26. The van der Waals surface area contributed by atoms with Crippen molar-refractivity contribution in [1.29, 1.82) is 0 Å². The maximum Gasteiger partial charge on any atom is 0.0934 e. The second-order valence-electron chi connectivity index (χ2n) is 5.89. The third-order valence-electron chi connectivity index (χ3n) is 3.37. The minimum absolute atomic E-state index is 0.474. The molecule has 0 amide bonds. The molecule has 21 heavy (non-hydrogen) atoms. The van der Waals surface area contributed by atoms with Crippen molar-refractivity contribution < 1.29 is 0 Å². The van der Waals surface area contributed by atoms with Gasteiger partial charge in [0.05, 0.1) is 5.01 Å². The van der Waals surface area contributed by atoms with Gasteiger partial charge in [-0.3, -0.25) is 0 Å². The van der Waals surface area contributed by atoms with E-state index in [9.17, 15) is 0 Å². The molecule has 2 aromatic rings. The minimum Gasteiger partial charge on any atom is -0.316 e. The number of aromatic nitrogens is 1. The Morgan fingerprint density at radius 3 is 2.48 bits per heavy atom. The molecule has 1 unspecified atom stereocenters. The van der Waals surface area contributed by atoms with Crippen molar-refractivity contribution in [1.82, 2.24) is 10.3 Å². The van der Waals surface area contributed by atoms with Crippen molar-refractivity contribution in [2.75, 3.05) is 13.1 Å². The lowest BCUT2D eigenvalue weighted by Gasteiger charge is -2.18. The molecule has 0 aliphatic carbocycles. The van der Waals surface area contributed by atoms with Gasteiger partial charge in [0, 0.05) is 34.4 Å². The van der Waals surface area contributed by atoms with Gasteiger partial charge < -0.3 is 5.32 Å². The summed E-state index contributed by atoms with van der Waals surface area (Å²) in [6, 6.07) is 8.67. The average Bonchev–Trinajstić information content (AvgIpc) is 2.84. The Bertz CT molecular complexity index is 548. The highest BCUT2D eigenvalue weighted by atomic mass is 79.9. The molecule has 2 nitrogen and oxygen atoms in total. The fourth-order valence-corrected chi connectivity index (χ4v) is 3.41. The fraction of sp³-hybridized carbons (Fsp3) is 0.471. The number of rotatable bonds is 7. The third-order valence-corrected chi connectivity index (χ3v) is 4.89. The van der Waals surface area contributed by atoms with Crippen LogP contribution >= 0.6 is 27.3 Å². The van der Waals surface area contributed by atoms with Gasteiger partial charge in [0.25, 0.3) is 0 Å². The summed E-state index contributed by atoms with van der Waals surface area (Å²) in [6.45, 7) is 8.60. The van der Waals surface area contributed by atoms with Crippen LogP contribution in [0, 0.1) is 12.8 Å². The maximum atomic E-state index is 4.62. The van der Waals surface area contributed by atoms with Gasteiger partial charge in [-0.1, -0.05) is 41.9 Å². The zero-order valence-electron chi connectivity index (χ0n) is 12.9. The summed E-state index contributed by atoms with van der Waals surface area (Å²) in [7, 11) is 0. The van der Waals surface area contributed by atoms with E-state index in [2.05, 4.69) is 76.6 Å². The summed E-state index contributed by atoms with van der Waals surface area (Å²) in [4.78, 5) is 4.62. The summed E-state index contributed by atoms with van der Waals surface area (Å²) in [6.07, 6.45) is 1.01. The van der Waals surface area contributed by atoms with Crippen molar-refractivity contribution >= 4 is 27.3 Å². The largest absolute Gasteiger partial charge is 0.316 e. The maximum absolute atomic E-state index is 4.62. The quantitative estimate of drug-likeness (QED) is 0.761. The highest BCUT2D eigenvalue weighted by Gasteiger charge is 2.14. The lowest BCUT2D eigenvalue weighted by atomic mass is 9.95. The van der Waals surface area contributed by atoms with E-state index >= 15 is 0 Å². The summed E-state index contributed by atoms with van der Waals surface area (Å²) in [5.41, 5.74) is 2.50. The number of nitrogens with one attached hydrogen (secondary N) is 1. The predicted molar refractivity (Wildman–Crippen MR) is 95.1 cm³/mol. The van der Waals surface area contributed by atoms with E-state index in [0.29, 0.717) is 11.8 Å². The van der Waals surface area contributed by atoms with E-state index in [-0.39, 0.29) is 0 Å². The summed E-state index contributed by atoms with van der Waals surface area (Å²) in [5, 5.41) is 6.95. The fourth-order valence-electron chi connectivity index (χ4n) is 2.30. The number of nitrogens with zero attached hydrogens (tertiary/aromatic N) is 1. The van der Waals surface area contributed by atoms with Crippen LogP contribution in [0.1, 0.15) is 36.0 Å². The second kappa shape index (κ2) is 8.06. The molecule has 0 aliphatic rings. The van der Waals surface area contributed by atoms with Gasteiger partial charge in [-0.25, -0.2) is 4.98 Å². The molecular weight excluding hydrogens is 344 g/mol. The Morgan fingerprint density at radius 1 is 1.19 bits per heavy atom. The highest BCUT2D eigenvalue weighted by Crippen LogP contribution is 2.24. The molecule has 0 bridgehead atoms. The first kappa shape index (κ1) is 16.7. The van der Waals surface area contributed by atoms with E-state index in [1.807, 2.05) is 0 Å². The molecule has 0 saturated carbocycles. The van der Waals surface area contributed by atoms with Crippen molar-refractivity contribution in [2.24, 2.45) is 5.92 Å². The first-order valence-electron chi connectivity index (χ1n) is 7.41. The van der Waals surface area contributed by atoms with Crippen LogP contribution < -0.4 is 5.32 Å². The minimum atomic E-state index is 0.474. The molecule has 2 rings (SSSR count). The average molecular weight is 367 g/mol. The standard InChI is InChI=1S/C17H23BrN2S/c1-12(2)9-19-10-15(8-17-20-13(3)11-21-17)14-4-6-16(18)7-5-14/h4-7,11-12,15,19H,8-10H2,1-3H3. The summed E-state index contributed by atoms with van der Waals surface area (Å²) >= 11 is 5.28. The van der Waals surface area contributed by atoms with Crippen LogP contribution in [0.2, 0.25) is 0 Å². The normalized spacial score (nSPS) is 12.8. The Balaban J connectivity index is 2.07. The monoisotopic (exact) mass is 366 g/mol. The topological polar surface area (TPSA) is 24.9 Å². The van der Waals surface area contributed by atoms with Gasteiger partial charge in [0.2, 0.25) is 0 Å². The van der Waals surface area contributed by atoms with Crippen LogP contribution in [0.3, 0.4) is 0 Å².